The zero-order valence-electron chi connectivity index (χ0n) is 18.9. The first kappa shape index (κ1) is 22.3. The molecule has 0 aliphatic heterocycles. The monoisotopic (exact) mass is 438 g/mol. The highest BCUT2D eigenvalue weighted by Gasteiger charge is 2.32. The van der Waals surface area contributed by atoms with Gasteiger partial charge in [-0.1, -0.05) is 60.2 Å². The third-order valence-corrected chi connectivity index (χ3v) is 5.54. The van der Waals surface area contributed by atoms with Crippen molar-refractivity contribution in [1.29, 1.82) is 0 Å². The highest BCUT2D eigenvalue weighted by molar-refractivity contribution is 6.41. The molecule has 0 atom stereocenters. The molecule has 1 aliphatic carbocycles. The fourth-order valence-electron chi connectivity index (χ4n) is 3.91. The Balaban J connectivity index is 1.71. The molecule has 4 nitrogen and oxygen atoms in total. The summed E-state index contributed by atoms with van der Waals surface area (Å²) in [5.41, 5.74) is 4.89. The molecule has 0 bridgehead atoms. The van der Waals surface area contributed by atoms with Crippen molar-refractivity contribution in [2.24, 2.45) is 0 Å². The van der Waals surface area contributed by atoms with E-state index in [2.05, 4.69) is 18.7 Å². The fraction of sp³-hybridized carbons (Fsp3) is 0.172. The summed E-state index contributed by atoms with van der Waals surface area (Å²) in [7, 11) is 0. The van der Waals surface area contributed by atoms with Crippen molar-refractivity contribution in [1.82, 2.24) is 0 Å². The Morgan fingerprint density at radius 3 is 2.18 bits per heavy atom. The summed E-state index contributed by atoms with van der Waals surface area (Å²) in [6.45, 7) is 8.67. The number of hydrogen-bond acceptors (Lipinski definition) is 4. The molecule has 0 unspecified atom stereocenters. The molecule has 4 rings (SSSR count). The van der Waals surface area contributed by atoms with E-state index in [9.17, 15) is 9.59 Å². The van der Waals surface area contributed by atoms with Crippen molar-refractivity contribution < 1.29 is 19.1 Å². The van der Waals surface area contributed by atoms with E-state index >= 15 is 0 Å². The van der Waals surface area contributed by atoms with Crippen molar-refractivity contribution in [2.75, 3.05) is 6.61 Å². The summed E-state index contributed by atoms with van der Waals surface area (Å²) in [4.78, 5) is 25.6. The molecule has 166 valence electrons. The third kappa shape index (κ3) is 4.65. The van der Waals surface area contributed by atoms with Gasteiger partial charge in [-0.3, -0.25) is 9.59 Å². The van der Waals surface area contributed by atoms with Gasteiger partial charge in [-0.2, -0.15) is 0 Å². The summed E-state index contributed by atoms with van der Waals surface area (Å²) in [5, 5.41) is 0. The van der Waals surface area contributed by atoms with Crippen molar-refractivity contribution in [3.05, 3.63) is 112 Å². The number of fused-ring (bicyclic) bond motifs is 1. The Kier molecular flexibility index (Phi) is 6.55. The molecule has 3 aromatic rings. The number of ether oxygens (including phenoxy) is 2. The van der Waals surface area contributed by atoms with Gasteiger partial charge < -0.3 is 9.47 Å². The molecule has 0 spiro atoms. The van der Waals surface area contributed by atoms with Gasteiger partial charge in [-0.15, -0.1) is 6.58 Å². The van der Waals surface area contributed by atoms with Crippen LogP contribution >= 0.6 is 0 Å². The number of aryl methyl sites for hydroxylation is 1. The number of hydrogen-bond donors (Lipinski definition) is 0. The lowest BCUT2D eigenvalue weighted by Crippen LogP contribution is -2.04. The summed E-state index contributed by atoms with van der Waals surface area (Å²) in [6.07, 6.45) is 3.99. The maximum absolute atomic E-state index is 12.8. The minimum Gasteiger partial charge on any atom is -0.490 e. The van der Waals surface area contributed by atoms with Crippen molar-refractivity contribution >= 4 is 17.6 Å². The Hall–Kier alpha value is -3.92. The molecular weight excluding hydrogens is 412 g/mol. The van der Waals surface area contributed by atoms with Crippen LogP contribution in [0.1, 0.15) is 49.9 Å². The predicted octanol–water partition coefficient (Wildman–Crippen LogP) is 6.16. The molecule has 0 fully saturated rings. The van der Waals surface area contributed by atoms with Crippen LogP contribution in [0.2, 0.25) is 0 Å². The normalized spacial score (nSPS) is 12.5. The number of allylic oxidation sites excluding steroid dienone is 2. The predicted molar refractivity (Wildman–Crippen MR) is 130 cm³/mol. The summed E-state index contributed by atoms with van der Waals surface area (Å²) >= 11 is 0. The van der Waals surface area contributed by atoms with E-state index in [0.717, 1.165) is 11.1 Å². The zero-order chi connectivity index (χ0) is 23.4. The number of carbonyl (C=O) groups excluding carboxylic acids is 2. The molecule has 0 radical (unpaired) electrons. The highest BCUT2D eigenvalue weighted by Crippen LogP contribution is 2.36. The van der Waals surface area contributed by atoms with Gasteiger partial charge in [-0.05, 0) is 49.6 Å². The molecule has 4 heteroatoms. The Bertz CT molecular complexity index is 1210. The topological polar surface area (TPSA) is 52.6 Å². The van der Waals surface area contributed by atoms with Crippen molar-refractivity contribution in [3.63, 3.8) is 0 Å². The first-order valence-electron chi connectivity index (χ1n) is 11.0. The van der Waals surface area contributed by atoms with Crippen molar-refractivity contribution in [2.45, 2.75) is 26.9 Å². The van der Waals surface area contributed by atoms with E-state index in [1.807, 2.05) is 38.1 Å². The van der Waals surface area contributed by atoms with E-state index < -0.39 is 0 Å². The molecule has 3 aromatic carbocycles. The lowest BCUT2D eigenvalue weighted by Gasteiger charge is -2.17. The average molecular weight is 439 g/mol. The van der Waals surface area contributed by atoms with Gasteiger partial charge in [0.2, 0.25) is 0 Å². The van der Waals surface area contributed by atoms with Crippen LogP contribution < -0.4 is 9.47 Å². The SMILES string of the molecule is C=CCc1cc(C=C2C(=O)c3ccccc3C2=O)cc(OCC)c1OCc1ccc(C)cc1. The minimum atomic E-state index is -0.251. The molecule has 0 heterocycles. The first-order chi connectivity index (χ1) is 16.0. The Labute approximate surface area is 194 Å². The van der Waals surface area contributed by atoms with Crippen LogP contribution in [0.25, 0.3) is 6.08 Å². The second-order valence-corrected chi connectivity index (χ2v) is 7.97. The fourth-order valence-corrected chi connectivity index (χ4v) is 3.91. The van der Waals surface area contributed by atoms with Crippen LogP contribution in [-0.4, -0.2) is 18.2 Å². The Morgan fingerprint density at radius 1 is 0.909 bits per heavy atom. The molecule has 0 saturated carbocycles. The molecule has 1 aliphatic rings. The highest BCUT2D eigenvalue weighted by atomic mass is 16.5. The van der Waals surface area contributed by atoms with E-state index in [-0.39, 0.29) is 17.1 Å². The largest absolute Gasteiger partial charge is 0.490 e. The number of Topliss-reactive ketones (excluding diaryl/α,β-unsaturated/α-hetero) is 2. The van der Waals surface area contributed by atoms with E-state index in [4.69, 9.17) is 9.47 Å². The van der Waals surface area contributed by atoms with Crippen LogP contribution in [0.3, 0.4) is 0 Å². The average Bonchev–Trinajstić information content (AvgIpc) is 3.05. The van der Waals surface area contributed by atoms with Crippen LogP contribution in [0.15, 0.2) is 78.9 Å². The van der Waals surface area contributed by atoms with Gasteiger partial charge in [0.15, 0.2) is 23.1 Å². The summed E-state index contributed by atoms with van der Waals surface area (Å²) in [6, 6.07) is 18.8. The molecule has 0 aromatic heterocycles. The number of benzene rings is 3. The third-order valence-electron chi connectivity index (χ3n) is 5.54. The minimum absolute atomic E-state index is 0.163. The zero-order valence-corrected chi connectivity index (χ0v) is 18.9. The second kappa shape index (κ2) is 9.70. The van der Waals surface area contributed by atoms with Gasteiger partial charge >= 0.3 is 0 Å². The van der Waals surface area contributed by atoms with Gasteiger partial charge in [0.1, 0.15) is 6.61 Å². The lowest BCUT2D eigenvalue weighted by molar-refractivity contribution is 0.0990. The summed E-state index contributed by atoms with van der Waals surface area (Å²) < 4.78 is 12.1. The molecule has 33 heavy (non-hydrogen) atoms. The van der Waals surface area contributed by atoms with Gasteiger partial charge in [0.25, 0.3) is 0 Å². The van der Waals surface area contributed by atoms with Crippen LogP contribution in [0.4, 0.5) is 0 Å². The maximum atomic E-state index is 12.8. The van der Waals surface area contributed by atoms with Gasteiger partial charge in [0.05, 0.1) is 12.2 Å². The number of ketones is 2. The first-order valence-corrected chi connectivity index (χ1v) is 11.0. The van der Waals surface area contributed by atoms with Crippen LogP contribution in [0.5, 0.6) is 11.5 Å². The van der Waals surface area contributed by atoms with Gasteiger partial charge in [0, 0.05) is 16.7 Å². The van der Waals surface area contributed by atoms with Gasteiger partial charge in [-0.25, -0.2) is 0 Å². The van der Waals surface area contributed by atoms with Crippen molar-refractivity contribution in [3.8, 4) is 11.5 Å². The smallest absolute Gasteiger partial charge is 0.197 e. The number of rotatable bonds is 8. The number of carbonyl (C=O) groups is 2. The molecule has 0 saturated heterocycles. The van der Waals surface area contributed by atoms with E-state index in [1.54, 1.807) is 36.4 Å². The molecule has 0 N–H and O–H groups in total. The standard InChI is InChI=1S/C29H26O4/c1-4-8-22-15-21(16-25-27(30)23-9-6-7-10-24(23)28(25)31)17-26(32-5-2)29(22)33-18-20-13-11-19(3)12-14-20/h4,6-7,9-17H,1,5,8,18H2,2-3H3. The maximum Gasteiger partial charge on any atom is 0.197 e. The van der Waals surface area contributed by atoms with E-state index in [0.29, 0.717) is 47.8 Å². The second-order valence-electron chi connectivity index (χ2n) is 7.97. The quantitative estimate of drug-likeness (QED) is 0.240. The summed E-state index contributed by atoms with van der Waals surface area (Å²) in [5.74, 6) is 0.718. The van der Waals surface area contributed by atoms with Crippen LogP contribution in [0, 0.1) is 6.92 Å². The Morgan fingerprint density at radius 2 is 1.58 bits per heavy atom. The van der Waals surface area contributed by atoms with Crippen LogP contribution in [-0.2, 0) is 13.0 Å². The van der Waals surface area contributed by atoms with E-state index in [1.165, 1.54) is 5.56 Å². The molecule has 0 amide bonds. The molecular formula is C29H26O4. The lowest BCUT2D eigenvalue weighted by atomic mass is 10.0.